The molecule has 0 amide bonds. The van der Waals surface area contributed by atoms with Crippen LogP contribution in [0.1, 0.15) is 5.56 Å². The minimum atomic E-state index is -0.233. The van der Waals surface area contributed by atoms with Gasteiger partial charge in [-0.2, -0.15) is 0 Å². The number of nitrogen functional groups attached to an aromatic ring is 1. The van der Waals surface area contributed by atoms with Crippen molar-refractivity contribution in [3.63, 3.8) is 0 Å². The lowest BCUT2D eigenvalue weighted by Crippen LogP contribution is -1.98. The molecule has 0 spiro atoms. The maximum Gasteiger partial charge on any atom is 0.123 e. The molecule has 2 rings (SSSR count). The quantitative estimate of drug-likeness (QED) is 0.638. The van der Waals surface area contributed by atoms with Crippen LogP contribution in [0.2, 0.25) is 0 Å². The number of anilines is 3. The van der Waals surface area contributed by atoms with Crippen LogP contribution in [0.4, 0.5) is 21.5 Å². The minimum absolute atomic E-state index is 0.233. The highest BCUT2D eigenvalue weighted by Crippen LogP contribution is 2.26. The smallest absolute Gasteiger partial charge is 0.123 e. The molecule has 0 aliphatic carbocycles. The molecule has 0 radical (unpaired) electrons. The minimum Gasteiger partial charge on any atom is -0.397 e. The molecule has 3 N–H and O–H groups in total. The van der Waals surface area contributed by atoms with Gasteiger partial charge in [0, 0.05) is 9.26 Å². The molecule has 0 atom stereocenters. The van der Waals surface area contributed by atoms with E-state index in [0.717, 1.165) is 20.5 Å². The van der Waals surface area contributed by atoms with Crippen molar-refractivity contribution in [2.24, 2.45) is 0 Å². The molecular formula is C13H12FIN2. The predicted octanol–water partition coefficient (Wildman–Crippen LogP) is 4.06. The highest BCUT2D eigenvalue weighted by atomic mass is 127. The maximum absolute atomic E-state index is 13.0. The highest BCUT2D eigenvalue weighted by Gasteiger charge is 2.03. The topological polar surface area (TPSA) is 38.0 Å². The Kier molecular flexibility index (Phi) is 3.51. The summed E-state index contributed by atoms with van der Waals surface area (Å²) < 4.78 is 14.0. The third-order valence-electron chi connectivity index (χ3n) is 2.47. The first-order chi connectivity index (χ1) is 8.06. The van der Waals surface area contributed by atoms with Crippen molar-refractivity contribution in [2.45, 2.75) is 6.92 Å². The standard InChI is InChI=1S/C13H12FIN2/c1-8-6-9(14)2-4-12(8)17-13-5-3-10(15)7-11(13)16/h2-7,17H,16H2,1H3. The summed E-state index contributed by atoms with van der Waals surface area (Å²) in [4.78, 5) is 0. The highest BCUT2D eigenvalue weighted by molar-refractivity contribution is 14.1. The zero-order valence-corrected chi connectivity index (χ0v) is 11.5. The van der Waals surface area contributed by atoms with Gasteiger partial charge in [-0.1, -0.05) is 0 Å². The number of nitrogens with one attached hydrogen (secondary N) is 1. The molecule has 0 aliphatic heterocycles. The number of benzene rings is 2. The van der Waals surface area contributed by atoms with Crippen molar-refractivity contribution >= 4 is 39.7 Å². The number of rotatable bonds is 2. The fourth-order valence-electron chi connectivity index (χ4n) is 1.56. The summed E-state index contributed by atoms with van der Waals surface area (Å²) in [6, 6.07) is 10.4. The van der Waals surface area contributed by atoms with E-state index in [4.69, 9.17) is 5.73 Å². The second kappa shape index (κ2) is 4.91. The maximum atomic E-state index is 13.0. The summed E-state index contributed by atoms with van der Waals surface area (Å²) in [5.41, 5.74) is 9.13. The molecule has 0 saturated heterocycles. The largest absolute Gasteiger partial charge is 0.397 e. The van der Waals surface area contributed by atoms with E-state index in [1.807, 2.05) is 25.1 Å². The summed E-state index contributed by atoms with van der Waals surface area (Å²) in [7, 11) is 0. The van der Waals surface area contributed by atoms with Gasteiger partial charge >= 0.3 is 0 Å². The SMILES string of the molecule is Cc1cc(F)ccc1Nc1ccc(I)cc1N. The van der Waals surface area contributed by atoms with Crippen LogP contribution in [0.25, 0.3) is 0 Å². The van der Waals surface area contributed by atoms with Crippen LogP contribution in [-0.4, -0.2) is 0 Å². The third-order valence-corrected chi connectivity index (χ3v) is 3.14. The summed E-state index contributed by atoms with van der Waals surface area (Å²) in [5.74, 6) is -0.233. The zero-order valence-electron chi connectivity index (χ0n) is 9.30. The molecule has 4 heteroatoms. The van der Waals surface area contributed by atoms with Crippen molar-refractivity contribution < 1.29 is 4.39 Å². The molecule has 2 nitrogen and oxygen atoms in total. The number of aryl methyl sites for hydroxylation is 1. The van der Waals surface area contributed by atoms with Gasteiger partial charge < -0.3 is 11.1 Å². The molecule has 0 fully saturated rings. The van der Waals surface area contributed by atoms with Gasteiger partial charge in [0.25, 0.3) is 0 Å². The molecule has 2 aromatic rings. The molecule has 2 aromatic carbocycles. The van der Waals surface area contributed by atoms with Gasteiger partial charge in [-0.25, -0.2) is 4.39 Å². The van der Waals surface area contributed by atoms with E-state index < -0.39 is 0 Å². The Morgan fingerprint density at radius 2 is 1.82 bits per heavy atom. The number of halogens is 2. The Balaban J connectivity index is 2.31. The van der Waals surface area contributed by atoms with E-state index in [-0.39, 0.29) is 5.82 Å². The van der Waals surface area contributed by atoms with Crippen LogP contribution in [0, 0.1) is 16.3 Å². The Morgan fingerprint density at radius 1 is 1.12 bits per heavy atom. The number of hydrogen-bond donors (Lipinski definition) is 2. The van der Waals surface area contributed by atoms with Crippen LogP contribution in [-0.2, 0) is 0 Å². The predicted molar refractivity (Wildman–Crippen MR) is 78.0 cm³/mol. The molecule has 88 valence electrons. The first kappa shape index (κ1) is 12.2. The summed E-state index contributed by atoms with van der Waals surface area (Å²) in [6.07, 6.45) is 0. The average molecular weight is 342 g/mol. The van der Waals surface area contributed by atoms with E-state index >= 15 is 0 Å². The number of hydrogen-bond acceptors (Lipinski definition) is 2. The van der Waals surface area contributed by atoms with Crippen molar-refractivity contribution in [1.29, 1.82) is 0 Å². The van der Waals surface area contributed by atoms with Crippen molar-refractivity contribution in [3.8, 4) is 0 Å². The lowest BCUT2D eigenvalue weighted by atomic mass is 10.2. The summed E-state index contributed by atoms with van der Waals surface area (Å²) in [5, 5.41) is 3.20. The van der Waals surface area contributed by atoms with Crippen molar-refractivity contribution in [1.82, 2.24) is 0 Å². The van der Waals surface area contributed by atoms with Crippen LogP contribution < -0.4 is 11.1 Å². The molecule has 0 bridgehead atoms. The zero-order chi connectivity index (χ0) is 12.4. The molecule has 0 aromatic heterocycles. The second-order valence-corrected chi connectivity index (χ2v) is 5.06. The van der Waals surface area contributed by atoms with E-state index in [1.165, 1.54) is 12.1 Å². The van der Waals surface area contributed by atoms with Gasteiger partial charge in [0.05, 0.1) is 11.4 Å². The molecule has 0 heterocycles. The van der Waals surface area contributed by atoms with Gasteiger partial charge in [0.1, 0.15) is 5.82 Å². The summed E-state index contributed by atoms with van der Waals surface area (Å²) in [6.45, 7) is 1.86. The lowest BCUT2D eigenvalue weighted by molar-refractivity contribution is 0.627. The molecule has 0 saturated carbocycles. The third kappa shape index (κ3) is 2.88. The monoisotopic (exact) mass is 342 g/mol. The Labute approximate surface area is 113 Å². The van der Waals surface area contributed by atoms with Gasteiger partial charge in [-0.05, 0) is 71.5 Å². The number of nitrogens with two attached hydrogens (primary N) is 1. The van der Waals surface area contributed by atoms with Crippen LogP contribution in [0.5, 0.6) is 0 Å². The molecule has 0 aliphatic rings. The summed E-state index contributed by atoms with van der Waals surface area (Å²) >= 11 is 2.21. The fourth-order valence-corrected chi connectivity index (χ4v) is 2.08. The van der Waals surface area contributed by atoms with Gasteiger partial charge in [-0.15, -0.1) is 0 Å². The Morgan fingerprint density at radius 3 is 2.47 bits per heavy atom. The van der Waals surface area contributed by atoms with Gasteiger partial charge in [-0.3, -0.25) is 0 Å². The normalized spacial score (nSPS) is 10.3. The van der Waals surface area contributed by atoms with E-state index in [1.54, 1.807) is 6.07 Å². The van der Waals surface area contributed by atoms with E-state index in [2.05, 4.69) is 27.9 Å². The van der Waals surface area contributed by atoms with Crippen LogP contribution >= 0.6 is 22.6 Å². The van der Waals surface area contributed by atoms with E-state index in [0.29, 0.717) is 5.69 Å². The second-order valence-electron chi connectivity index (χ2n) is 3.82. The first-order valence-electron chi connectivity index (χ1n) is 5.14. The Hall–Kier alpha value is -1.30. The van der Waals surface area contributed by atoms with Crippen molar-refractivity contribution in [2.75, 3.05) is 11.1 Å². The average Bonchev–Trinajstić information content (AvgIpc) is 2.25. The Bertz CT molecular complexity index is 506. The van der Waals surface area contributed by atoms with Gasteiger partial charge in [0.15, 0.2) is 0 Å². The van der Waals surface area contributed by atoms with Crippen LogP contribution in [0.3, 0.4) is 0 Å². The van der Waals surface area contributed by atoms with E-state index in [9.17, 15) is 4.39 Å². The lowest BCUT2D eigenvalue weighted by Gasteiger charge is -2.12. The molecule has 17 heavy (non-hydrogen) atoms. The fraction of sp³-hybridized carbons (Fsp3) is 0.0769. The molecular weight excluding hydrogens is 330 g/mol. The molecule has 0 unspecified atom stereocenters. The van der Waals surface area contributed by atoms with Crippen LogP contribution in [0.15, 0.2) is 36.4 Å². The van der Waals surface area contributed by atoms with Crippen molar-refractivity contribution in [3.05, 3.63) is 51.3 Å². The first-order valence-corrected chi connectivity index (χ1v) is 6.22. The van der Waals surface area contributed by atoms with Gasteiger partial charge in [0.2, 0.25) is 0 Å².